The first-order valence-electron chi connectivity index (χ1n) is 23.7. The summed E-state index contributed by atoms with van der Waals surface area (Å²) in [5.41, 5.74) is 1.93. The number of non-ortho nitro benzene ring substituents is 1. The van der Waals surface area contributed by atoms with E-state index in [0.717, 1.165) is 49.4 Å². The van der Waals surface area contributed by atoms with Gasteiger partial charge in [-0.05, 0) is 85.9 Å². The van der Waals surface area contributed by atoms with Crippen LogP contribution in [0.2, 0.25) is 10.0 Å². The van der Waals surface area contributed by atoms with Gasteiger partial charge in [-0.1, -0.05) is 41.4 Å². The van der Waals surface area contributed by atoms with E-state index in [0.29, 0.717) is 120 Å². The smallest absolute Gasteiger partial charge is 0.315 e. The van der Waals surface area contributed by atoms with Gasteiger partial charge in [-0.3, -0.25) is 39.5 Å². The largest absolute Gasteiger partial charge is 0.379 e. The topological polar surface area (TPSA) is 255 Å². The van der Waals surface area contributed by atoms with Crippen molar-refractivity contribution in [3.8, 4) is 0 Å². The first-order chi connectivity index (χ1) is 33.8. The van der Waals surface area contributed by atoms with Gasteiger partial charge in [0.05, 0.1) is 65.1 Å². The first kappa shape index (κ1) is 55.4. The molecule has 2 aliphatic rings. The Kier molecular flexibility index (Phi) is 24.0. The number of nitro benzene ring substituents is 2. The van der Waals surface area contributed by atoms with Crippen molar-refractivity contribution in [3.63, 3.8) is 0 Å². The summed E-state index contributed by atoms with van der Waals surface area (Å²) in [6.45, 7) is 6.51. The molecule has 70 heavy (non-hydrogen) atoms. The zero-order valence-electron chi connectivity index (χ0n) is 39.3. The standard InChI is InChI=1S/C48H64Cl2N8O12/c49-42-14-7-36(28-43(42)50)32-56-19-22-70-41(33-56)31-54-48(62)53-30-35-3-8-37(9-4-35)47(61)55-38-10-5-34(6-11-38)27-40(59)13-16-46(60)52-18-2-21-68-24-26-69-25-23-67-20-1-17-51-44-15-12-39(57(63)64)29-45(44)58(65)66/h3-4,7-9,12,14-15,28-29,34,38,41,51H,1-2,5-6,10-11,13,16-27,30-33H2,(H,52,60)(H,55,61)(H2,53,54,62)/t34?,38?,41-/m0/s1. The molecule has 22 heteroatoms. The maximum atomic E-state index is 13.0. The Morgan fingerprint density at radius 3 is 2.11 bits per heavy atom. The molecule has 3 aromatic rings. The Bertz CT molecular complexity index is 2180. The van der Waals surface area contributed by atoms with Crippen LogP contribution in [0.15, 0.2) is 60.7 Å². The average Bonchev–Trinajstić information content (AvgIpc) is 3.35. The Morgan fingerprint density at radius 2 is 1.43 bits per heavy atom. The van der Waals surface area contributed by atoms with Gasteiger partial charge in [0.2, 0.25) is 5.91 Å². The molecule has 1 atom stereocenters. The van der Waals surface area contributed by atoms with E-state index in [1.807, 2.05) is 24.3 Å². The molecule has 1 heterocycles. The quantitative estimate of drug-likeness (QED) is 0.0268. The number of rotatable bonds is 30. The molecule has 0 unspecified atom stereocenters. The van der Waals surface area contributed by atoms with Crippen molar-refractivity contribution in [3.05, 3.63) is 108 Å². The minimum absolute atomic E-state index is 0.0191. The van der Waals surface area contributed by atoms with Crippen LogP contribution >= 0.6 is 23.2 Å². The van der Waals surface area contributed by atoms with Gasteiger partial charge in [0, 0.05) is 96.0 Å². The minimum atomic E-state index is -0.682. The SMILES string of the molecule is O=C(CCC(=O)NCCCOCCOCCOCCCNc1ccc([N+](=O)[O-])cc1[N+](=O)[O-])CC1CCC(NC(=O)c2ccc(CNC(=O)NC[C@H]3CN(Cc4ccc(Cl)c(Cl)c4)CCO3)cc2)CC1. The van der Waals surface area contributed by atoms with Crippen LogP contribution in [0.5, 0.6) is 0 Å². The molecule has 20 nitrogen and oxygen atoms in total. The predicted octanol–water partition coefficient (Wildman–Crippen LogP) is 6.60. The molecule has 5 N–H and O–H groups in total. The van der Waals surface area contributed by atoms with Crippen LogP contribution in [0.25, 0.3) is 0 Å². The predicted molar refractivity (Wildman–Crippen MR) is 263 cm³/mol. The van der Waals surface area contributed by atoms with Gasteiger partial charge in [-0.25, -0.2) is 4.79 Å². The van der Waals surface area contributed by atoms with E-state index in [2.05, 4.69) is 31.5 Å². The number of amides is 4. The normalized spacial score (nSPS) is 17.0. The number of Topliss-reactive ketones (excluding diaryl/α,β-unsaturated/α-hetero) is 1. The van der Waals surface area contributed by atoms with E-state index < -0.39 is 9.85 Å². The molecule has 0 bridgehead atoms. The van der Waals surface area contributed by atoms with Crippen molar-refractivity contribution in [2.75, 3.05) is 84.3 Å². The van der Waals surface area contributed by atoms with Crippen LogP contribution in [0.3, 0.4) is 0 Å². The Balaban J connectivity index is 0.807. The summed E-state index contributed by atoms with van der Waals surface area (Å²) < 4.78 is 22.4. The number of morpholine rings is 1. The van der Waals surface area contributed by atoms with Crippen LogP contribution < -0.4 is 26.6 Å². The molecule has 1 aliphatic heterocycles. The van der Waals surface area contributed by atoms with Gasteiger partial charge in [-0.15, -0.1) is 0 Å². The number of halogens is 2. The number of nitrogens with zero attached hydrogens (tertiary/aromatic N) is 3. The zero-order valence-corrected chi connectivity index (χ0v) is 40.8. The van der Waals surface area contributed by atoms with Gasteiger partial charge in [0.25, 0.3) is 17.3 Å². The third-order valence-electron chi connectivity index (χ3n) is 11.8. The number of anilines is 1. The summed E-state index contributed by atoms with van der Waals surface area (Å²) in [6, 6.07) is 15.9. The number of ether oxygens (including phenoxy) is 4. The Morgan fingerprint density at radius 1 is 0.743 bits per heavy atom. The highest BCUT2D eigenvalue weighted by molar-refractivity contribution is 6.42. The lowest BCUT2D eigenvalue weighted by molar-refractivity contribution is -0.393. The van der Waals surface area contributed by atoms with Gasteiger partial charge in [0.1, 0.15) is 11.5 Å². The van der Waals surface area contributed by atoms with Crippen LogP contribution in [0.1, 0.15) is 79.3 Å². The fourth-order valence-corrected chi connectivity index (χ4v) is 8.31. The van der Waals surface area contributed by atoms with Crippen molar-refractivity contribution in [2.24, 2.45) is 5.92 Å². The number of nitrogens with one attached hydrogen (secondary N) is 5. The molecular formula is C48H64Cl2N8O12. The number of benzene rings is 3. The maximum absolute atomic E-state index is 13.0. The van der Waals surface area contributed by atoms with E-state index in [4.69, 9.17) is 42.1 Å². The zero-order chi connectivity index (χ0) is 50.1. The molecule has 4 amide bonds. The second kappa shape index (κ2) is 30.3. The number of hydrogen-bond acceptors (Lipinski definition) is 14. The third-order valence-corrected chi connectivity index (χ3v) is 12.5. The van der Waals surface area contributed by atoms with E-state index in [9.17, 15) is 39.4 Å². The van der Waals surface area contributed by atoms with Crippen molar-refractivity contribution < 1.29 is 48.0 Å². The molecule has 1 saturated heterocycles. The average molecular weight is 1020 g/mol. The number of carbonyl (C=O) groups excluding carboxylic acids is 4. The monoisotopic (exact) mass is 1010 g/mol. The van der Waals surface area contributed by atoms with Gasteiger partial charge < -0.3 is 45.5 Å². The second-order valence-electron chi connectivity index (χ2n) is 17.2. The lowest BCUT2D eigenvalue weighted by atomic mass is 9.82. The van der Waals surface area contributed by atoms with Crippen molar-refractivity contribution in [1.82, 2.24) is 26.2 Å². The van der Waals surface area contributed by atoms with Crippen LogP contribution in [0, 0.1) is 26.1 Å². The van der Waals surface area contributed by atoms with E-state index in [1.54, 1.807) is 18.2 Å². The summed E-state index contributed by atoms with van der Waals surface area (Å²) in [5, 5.41) is 37.8. The summed E-state index contributed by atoms with van der Waals surface area (Å²) in [7, 11) is 0. The molecular weight excluding hydrogens is 951 g/mol. The summed E-state index contributed by atoms with van der Waals surface area (Å²) in [5.74, 6) is -0.0404. The van der Waals surface area contributed by atoms with Crippen molar-refractivity contribution in [2.45, 2.75) is 83.0 Å². The lowest BCUT2D eigenvalue weighted by Gasteiger charge is -2.33. The third kappa shape index (κ3) is 20.5. The highest BCUT2D eigenvalue weighted by Crippen LogP contribution is 2.30. The first-order valence-corrected chi connectivity index (χ1v) is 24.5. The number of nitro groups is 2. The van der Waals surface area contributed by atoms with E-state index in [-0.39, 0.29) is 71.6 Å². The second-order valence-corrected chi connectivity index (χ2v) is 18.0. The fraction of sp³-hybridized carbons (Fsp3) is 0.542. The fourth-order valence-electron chi connectivity index (χ4n) is 7.99. The maximum Gasteiger partial charge on any atom is 0.315 e. The van der Waals surface area contributed by atoms with Gasteiger partial charge in [-0.2, -0.15) is 0 Å². The number of carbonyl (C=O) groups is 4. The van der Waals surface area contributed by atoms with Crippen LogP contribution in [-0.4, -0.2) is 129 Å². The lowest BCUT2D eigenvalue weighted by Crippen LogP contribution is -2.48. The molecule has 5 rings (SSSR count). The highest BCUT2D eigenvalue weighted by Gasteiger charge is 2.26. The van der Waals surface area contributed by atoms with Gasteiger partial charge >= 0.3 is 6.03 Å². The molecule has 2 fully saturated rings. The van der Waals surface area contributed by atoms with Gasteiger partial charge in [0.15, 0.2) is 0 Å². The van der Waals surface area contributed by atoms with Crippen LogP contribution in [0.4, 0.5) is 21.9 Å². The molecule has 0 aromatic heterocycles. The minimum Gasteiger partial charge on any atom is -0.379 e. The highest BCUT2D eigenvalue weighted by atomic mass is 35.5. The van der Waals surface area contributed by atoms with Crippen molar-refractivity contribution >= 4 is 63.9 Å². The van der Waals surface area contributed by atoms with E-state index >= 15 is 0 Å². The summed E-state index contributed by atoms with van der Waals surface area (Å²) in [6.07, 6.45) is 4.98. The van der Waals surface area contributed by atoms with E-state index in [1.165, 1.54) is 12.1 Å². The number of ketones is 1. The molecule has 3 aromatic carbocycles. The summed E-state index contributed by atoms with van der Waals surface area (Å²) in [4.78, 5) is 73.6. The molecule has 0 radical (unpaired) electrons. The molecule has 0 spiro atoms. The molecule has 382 valence electrons. The molecule has 1 saturated carbocycles. The number of hydrogen-bond donors (Lipinski definition) is 5. The Labute approximate surface area is 417 Å². The summed E-state index contributed by atoms with van der Waals surface area (Å²) >= 11 is 12.2. The Hall–Kier alpha value is -5.48. The molecule has 1 aliphatic carbocycles. The van der Waals surface area contributed by atoms with Crippen molar-refractivity contribution in [1.29, 1.82) is 0 Å². The number of urea groups is 1. The van der Waals surface area contributed by atoms with Crippen LogP contribution in [-0.2, 0) is 41.6 Å².